The number of hydrogen-bond donors (Lipinski definition) is 1. The van der Waals surface area contributed by atoms with E-state index < -0.39 is 28.5 Å². The van der Waals surface area contributed by atoms with Gasteiger partial charge in [0.15, 0.2) is 0 Å². The molecule has 20 heavy (non-hydrogen) atoms. The first-order chi connectivity index (χ1) is 9.18. The Morgan fingerprint density at radius 2 is 1.85 bits per heavy atom. The van der Waals surface area contributed by atoms with Gasteiger partial charge in [-0.15, -0.1) is 0 Å². The minimum Gasteiger partial charge on any atom is -0.326 e. The summed E-state index contributed by atoms with van der Waals surface area (Å²) in [6.45, 7) is -0.0750. The summed E-state index contributed by atoms with van der Waals surface area (Å²) in [5.74, 6) is -0.468. The van der Waals surface area contributed by atoms with Crippen molar-refractivity contribution in [3.8, 4) is 0 Å². The molecular weight excluding hydrogens is 293 g/mol. The Kier molecular flexibility index (Phi) is 5.55. The number of rotatable bonds is 6. The largest absolute Gasteiger partial charge is 0.402 e. The lowest BCUT2D eigenvalue weighted by atomic mass is 10.1. The quantitative estimate of drug-likeness (QED) is 0.872. The monoisotopic (exact) mass is 310 g/mol. The minimum atomic E-state index is -4.55. The van der Waals surface area contributed by atoms with Crippen molar-refractivity contribution >= 4 is 10.0 Å². The number of benzene rings is 1. The van der Waals surface area contributed by atoms with Gasteiger partial charge in [0.1, 0.15) is 6.54 Å². The van der Waals surface area contributed by atoms with Crippen LogP contribution in [-0.2, 0) is 22.3 Å². The molecule has 0 saturated carbocycles. The zero-order valence-electron chi connectivity index (χ0n) is 11.0. The van der Waals surface area contributed by atoms with Crippen molar-refractivity contribution in [2.24, 2.45) is 5.73 Å². The first kappa shape index (κ1) is 16.9. The Bertz CT molecular complexity index is 544. The zero-order valence-corrected chi connectivity index (χ0v) is 11.8. The molecule has 0 amide bonds. The average Bonchev–Trinajstić information content (AvgIpc) is 2.34. The summed E-state index contributed by atoms with van der Waals surface area (Å²) in [5, 5.41) is 0. The van der Waals surface area contributed by atoms with Crippen LogP contribution < -0.4 is 5.73 Å². The molecule has 0 radical (unpaired) electrons. The maximum absolute atomic E-state index is 12.4. The number of sulfonamides is 1. The smallest absolute Gasteiger partial charge is 0.326 e. The molecule has 0 aliphatic heterocycles. The second kappa shape index (κ2) is 6.55. The van der Waals surface area contributed by atoms with Gasteiger partial charge >= 0.3 is 6.18 Å². The van der Waals surface area contributed by atoms with Crippen molar-refractivity contribution < 1.29 is 21.6 Å². The van der Waals surface area contributed by atoms with E-state index in [9.17, 15) is 21.6 Å². The molecule has 1 rings (SSSR count). The molecule has 0 saturated heterocycles. The molecule has 1 aromatic carbocycles. The molecule has 0 aromatic heterocycles. The van der Waals surface area contributed by atoms with E-state index in [2.05, 4.69) is 0 Å². The molecule has 4 nitrogen and oxygen atoms in total. The summed E-state index contributed by atoms with van der Waals surface area (Å²) >= 11 is 0. The summed E-state index contributed by atoms with van der Waals surface area (Å²) in [6.07, 6.45) is -4.55. The highest BCUT2D eigenvalue weighted by Gasteiger charge is 2.35. The van der Waals surface area contributed by atoms with Crippen molar-refractivity contribution in [2.45, 2.75) is 25.4 Å². The highest BCUT2D eigenvalue weighted by atomic mass is 32.2. The first-order valence-corrected chi connectivity index (χ1v) is 7.61. The summed E-state index contributed by atoms with van der Waals surface area (Å²) in [4.78, 5) is 0. The standard InChI is InChI=1S/C12H17F3N2O2S/c1-2-17(9-12(13,14)15)20(18,19)8-11-5-3-4-10(6-11)7-16/h3-6H,2,7-9,16H2,1H3. The van der Waals surface area contributed by atoms with Crippen molar-refractivity contribution in [3.05, 3.63) is 35.4 Å². The average molecular weight is 310 g/mol. The first-order valence-electron chi connectivity index (χ1n) is 6.00. The lowest BCUT2D eigenvalue weighted by Crippen LogP contribution is -2.39. The number of alkyl halides is 3. The maximum atomic E-state index is 12.4. The number of halogens is 3. The molecule has 0 bridgehead atoms. The molecular formula is C12H17F3N2O2S. The van der Waals surface area contributed by atoms with Crippen LogP contribution in [0.15, 0.2) is 24.3 Å². The van der Waals surface area contributed by atoms with Gasteiger partial charge in [0.05, 0.1) is 5.75 Å². The topological polar surface area (TPSA) is 63.4 Å². The van der Waals surface area contributed by atoms with Gasteiger partial charge in [-0.25, -0.2) is 8.42 Å². The van der Waals surface area contributed by atoms with E-state index in [1.807, 2.05) is 0 Å². The van der Waals surface area contributed by atoms with E-state index >= 15 is 0 Å². The summed E-state index contributed by atoms with van der Waals surface area (Å²) in [6, 6.07) is 6.49. The van der Waals surface area contributed by atoms with Gasteiger partial charge in [0.25, 0.3) is 0 Å². The van der Waals surface area contributed by atoms with Gasteiger partial charge in [0.2, 0.25) is 10.0 Å². The Hall–Kier alpha value is -1.12. The highest BCUT2D eigenvalue weighted by molar-refractivity contribution is 7.88. The lowest BCUT2D eigenvalue weighted by Gasteiger charge is -2.21. The summed E-state index contributed by atoms with van der Waals surface area (Å²) in [5.41, 5.74) is 6.60. The van der Waals surface area contributed by atoms with Crippen molar-refractivity contribution in [2.75, 3.05) is 13.1 Å². The van der Waals surface area contributed by atoms with Gasteiger partial charge in [-0.1, -0.05) is 31.2 Å². The van der Waals surface area contributed by atoms with Crippen LogP contribution in [0.5, 0.6) is 0 Å². The van der Waals surface area contributed by atoms with E-state index in [4.69, 9.17) is 5.73 Å². The van der Waals surface area contributed by atoms with E-state index in [0.717, 1.165) is 5.56 Å². The van der Waals surface area contributed by atoms with Crippen LogP contribution in [-0.4, -0.2) is 32.0 Å². The SMILES string of the molecule is CCN(CC(F)(F)F)S(=O)(=O)Cc1cccc(CN)c1. The molecule has 8 heteroatoms. The molecule has 0 aliphatic carbocycles. The van der Waals surface area contributed by atoms with E-state index in [1.54, 1.807) is 24.3 Å². The molecule has 1 aromatic rings. The van der Waals surface area contributed by atoms with Gasteiger partial charge in [0, 0.05) is 13.1 Å². The molecule has 0 aliphatic rings. The van der Waals surface area contributed by atoms with E-state index in [-0.39, 0.29) is 13.1 Å². The van der Waals surface area contributed by atoms with Crippen molar-refractivity contribution in [1.82, 2.24) is 4.31 Å². The fourth-order valence-corrected chi connectivity index (χ4v) is 3.27. The molecule has 2 N–H and O–H groups in total. The fourth-order valence-electron chi connectivity index (χ4n) is 1.76. The molecule has 0 fully saturated rings. The Balaban J connectivity index is 2.91. The van der Waals surface area contributed by atoms with Crippen molar-refractivity contribution in [1.29, 1.82) is 0 Å². The molecule has 0 atom stereocenters. The van der Waals surface area contributed by atoms with E-state index in [0.29, 0.717) is 9.87 Å². The summed E-state index contributed by atoms with van der Waals surface area (Å²) in [7, 11) is -4.01. The van der Waals surface area contributed by atoms with Crippen LogP contribution in [0.25, 0.3) is 0 Å². The molecule has 0 spiro atoms. The number of hydrogen-bond acceptors (Lipinski definition) is 3. The van der Waals surface area contributed by atoms with Crippen LogP contribution in [0.4, 0.5) is 13.2 Å². The zero-order chi connectivity index (χ0) is 15.4. The molecule has 0 unspecified atom stereocenters. The molecule has 0 heterocycles. The van der Waals surface area contributed by atoms with Crippen LogP contribution >= 0.6 is 0 Å². The van der Waals surface area contributed by atoms with Crippen molar-refractivity contribution in [3.63, 3.8) is 0 Å². The van der Waals surface area contributed by atoms with Gasteiger partial charge in [-0.3, -0.25) is 0 Å². The second-order valence-corrected chi connectivity index (χ2v) is 6.29. The molecule has 114 valence electrons. The number of nitrogens with two attached hydrogens (primary N) is 1. The van der Waals surface area contributed by atoms with Gasteiger partial charge in [-0.2, -0.15) is 17.5 Å². The second-order valence-electron chi connectivity index (χ2n) is 4.32. The highest BCUT2D eigenvalue weighted by Crippen LogP contribution is 2.20. The third-order valence-electron chi connectivity index (χ3n) is 2.68. The Morgan fingerprint density at radius 1 is 1.25 bits per heavy atom. The normalized spacial score (nSPS) is 12.9. The van der Waals surface area contributed by atoms with E-state index in [1.165, 1.54) is 6.92 Å². The lowest BCUT2D eigenvalue weighted by molar-refractivity contribution is -0.135. The third-order valence-corrected chi connectivity index (χ3v) is 4.55. The van der Waals surface area contributed by atoms with Crippen LogP contribution in [0.3, 0.4) is 0 Å². The predicted molar refractivity (Wildman–Crippen MR) is 70.3 cm³/mol. The number of nitrogens with zero attached hydrogens (tertiary/aromatic N) is 1. The van der Waals surface area contributed by atoms with Crippen LogP contribution in [0.1, 0.15) is 18.1 Å². The van der Waals surface area contributed by atoms with Crippen LogP contribution in [0, 0.1) is 0 Å². The maximum Gasteiger partial charge on any atom is 0.402 e. The Labute approximate surface area is 116 Å². The van der Waals surface area contributed by atoms with Crippen LogP contribution in [0.2, 0.25) is 0 Å². The predicted octanol–water partition coefficient (Wildman–Crippen LogP) is 1.86. The Morgan fingerprint density at radius 3 is 2.35 bits per heavy atom. The van der Waals surface area contributed by atoms with Gasteiger partial charge in [-0.05, 0) is 11.1 Å². The summed E-state index contributed by atoms with van der Waals surface area (Å²) < 4.78 is 61.5. The third kappa shape index (κ3) is 5.10. The fraction of sp³-hybridized carbons (Fsp3) is 0.500. The van der Waals surface area contributed by atoms with Gasteiger partial charge < -0.3 is 5.73 Å². The minimum absolute atomic E-state index is 0.224.